The SMILES string of the molecule is COC(=O)c1cccc(CNC(=O)c2cc(C(=O)N[C@H]3CCc4c3ccc(C(C)=O)c4C)n3nccc3n2)c1. The minimum absolute atomic E-state index is 0.0163. The van der Waals surface area contributed by atoms with Gasteiger partial charge in [-0.3, -0.25) is 14.4 Å². The Balaban J connectivity index is 1.36. The van der Waals surface area contributed by atoms with Gasteiger partial charge in [-0.15, -0.1) is 0 Å². The second kappa shape index (κ2) is 10.5. The second-order valence-electron chi connectivity index (χ2n) is 9.43. The van der Waals surface area contributed by atoms with E-state index in [9.17, 15) is 19.2 Å². The molecule has 4 aromatic rings. The van der Waals surface area contributed by atoms with Gasteiger partial charge in [0.15, 0.2) is 11.4 Å². The van der Waals surface area contributed by atoms with E-state index in [-0.39, 0.29) is 29.8 Å². The fourth-order valence-corrected chi connectivity index (χ4v) is 5.03. The zero-order valence-corrected chi connectivity index (χ0v) is 21.8. The molecule has 1 aliphatic rings. The van der Waals surface area contributed by atoms with Crippen molar-refractivity contribution in [3.63, 3.8) is 0 Å². The molecule has 0 fully saturated rings. The summed E-state index contributed by atoms with van der Waals surface area (Å²) in [6.07, 6.45) is 2.97. The maximum atomic E-state index is 13.4. The summed E-state index contributed by atoms with van der Waals surface area (Å²) in [5.41, 5.74) is 5.40. The summed E-state index contributed by atoms with van der Waals surface area (Å²) in [7, 11) is 1.31. The van der Waals surface area contributed by atoms with Crippen molar-refractivity contribution in [3.8, 4) is 0 Å². The van der Waals surface area contributed by atoms with E-state index in [2.05, 4.69) is 20.7 Å². The highest BCUT2D eigenvalue weighted by Gasteiger charge is 2.28. The van der Waals surface area contributed by atoms with Crippen molar-refractivity contribution in [3.05, 3.63) is 99.5 Å². The number of methoxy groups -OCH3 is 1. The molecular formula is C29H27N5O5. The summed E-state index contributed by atoms with van der Waals surface area (Å²) in [5, 5.41) is 10.1. The molecule has 0 spiro atoms. The molecule has 0 saturated heterocycles. The van der Waals surface area contributed by atoms with Gasteiger partial charge in [0.1, 0.15) is 11.4 Å². The zero-order valence-electron chi connectivity index (χ0n) is 21.8. The number of rotatable bonds is 7. The number of carbonyl (C=O) groups is 4. The van der Waals surface area contributed by atoms with Crippen LogP contribution >= 0.6 is 0 Å². The molecular weight excluding hydrogens is 498 g/mol. The number of ether oxygens (including phenoxy) is 1. The highest BCUT2D eigenvalue weighted by Crippen LogP contribution is 2.35. The van der Waals surface area contributed by atoms with Crippen molar-refractivity contribution in [2.75, 3.05) is 7.11 Å². The molecule has 10 heteroatoms. The lowest BCUT2D eigenvalue weighted by Crippen LogP contribution is -2.30. The first-order chi connectivity index (χ1) is 18.8. The number of Topliss-reactive ketones (excluding diaryl/α,β-unsaturated/α-hetero) is 1. The van der Waals surface area contributed by atoms with Crippen LogP contribution < -0.4 is 10.6 Å². The molecule has 198 valence electrons. The molecule has 1 aliphatic carbocycles. The average molecular weight is 526 g/mol. The van der Waals surface area contributed by atoms with Crippen LogP contribution in [0.2, 0.25) is 0 Å². The van der Waals surface area contributed by atoms with Crippen molar-refractivity contribution in [1.82, 2.24) is 25.2 Å². The summed E-state index contributed by atoms with van der Waals surface area (Å²) < 4.78 is 6.14. The highest BCUT2D eigenvalue weighted by atomic mass is 16.5. The van der Waals surface area contributed by atoms with Gasteiger partial charge in [-0.05, 0) is 61.1 Å². The van der Waals surface area contributed by atoms with Gasteiger partial charge in [0, 0.05) is 24.2 Å². The molecule has 2 aromatic heterocycles. The Morgan fingerprint density at radius 3 is 2.67 bits per heavy atom. The van der Waals surface area contributed by atoms with Gasteiger partial charge in [-0.1, -0.05) is 24.3 Å². The van der Waals surface area contributed by atoms with Gasteiger partial charge in [0.25, 0.3) is 11.8 Å². The fourth-order valence-electron chi connectivity index (χ4n) is 5.03. The number of benzene rings is 2. The molecule has 5 rings (SSSR count). The first-order valence-electron chi connectivity index (χ1n) is 12.5. The lowest BCUT2D eigenvalue weighted by atomic mass is 9.96. The molecule has 2 aromatic carbocycles. The van der Waals surface area contributed by atoms with E-state index in [1.165, 1.54) is 23.9 Å². The quantitative estimate of drug-likeness (QED) is 0.279. The first-order valence-corrected chi connectivity index (χ1v) is 12.5. The van der Waals surface area contributed by atoms with Gasteiger partial charge in [-0.2, -0.15) is 5.10 Å². The summed E-state index contributed by atoms with van der Waals surface area (Å²) in [6.45, 7) is 3.64. The number of amides is 2. The molecule has 0 bridgehead atoms. The number of esters is 1. The average Bonchev–Trinajstić information content (AvgIpc) is 3.58. The maximum absolute atomic E-state index is 13.4. The minimum atomic E-state index is -0.477. The van der Waals surface area contributed by atoms with Crippen LogP contribution in [0.4, 0.5) is 0 Å². The Hall–Kier alpha value is -4.86. The lowest BCUT2D eigenvalue weighted by molar-refractivity contribution is 0.0600. The molecule has 0 radical (unpaired) electrons. The Kier molecular flexibility index (Phi) is 6.93. The van der Waals surface area contributed by atoms with Crippen LogP contribution in [0.3, 0.4) is 0 Å². The number of nitrogens with zero attached hydrogens (tertiary/aromatic N) is 3. The topological polar surface area (TPSA) is 132 Å². The van der Waals surface area contributed by atoms with E-state index >= 15 is 0 Å². The van der Waals surface area contributed by atoms with Gasteiger partial charge >= 0.3 is 5.97 Å². The third-order valence-electron chi connectivity index (χ3n) is 7.00. The zero-order chi connectivity index (χ0) is 27.7. The predicted molar refractivity (Wildman–Crippen MR) is 142 cm³/mol. The Morgan fingerprint density at radius 2 is 1.90 bits per heavy atom. The normalized spacial score (nSPS) is 14.1. The summed E-state index contributed by atoms with van der Waals surface area (Å²) >= 11 is 0. The number of carbonyl (C=O) groups excluding carboxylic acids is 4. The van der Waals surface area contributed by atoms with E-state index in [1.807, 2.05) is 19.1 Å². The van der Waals surface area contributed by atoms with Crippen molar-refractivity contribution in [2.45, 2.75) is 39.3 Å². The van der Waals surface area contributed by atoms with Crippen molar-refractivity contribution in [1.29, 1.82) is 0 Å². The van der Waals surface area contributed by atoms with Gasteiger partial charge in [0.2, 0.25) is 0 Å². The van der Waals surface area contributed by atoms with Crippen molar-refractivity contribution in [2.24, 2.45) is 0 Å². The predicted octanol–water partition coefficient (Wildman–Crippen LogP) is 3.37. The lowest BCUT2D eigenvalue weighted by Gasteiger charge is -2.16. The van der Waals surface area contributed by atoms with Crippen LogP contribution in [-0.4, -0.2) is 45.3 Å². The van der Waals surface area contributed by atoms with Gasteiger partial charge in [-0.25, -0.2) is 14.3 Å². The van der Waals surface area contributed by atoms with Gasteiger partial charge < -0.3 is 15.4 Å². The number of hydrogen-bond acceptors (Lipinski definition) is 7. The molecule has 39 heavy (non-hydrogen) atoms. The van der Waals surface area contributed by atoms with Gasteiger partial charge in [0.05, 0.1) is 24.9 Å². The minimum Gasteiger partial charge on any atom is -0.465 e. The highest BCUT2D eigenvalue weighted by molar-refractivity contribution is 5.99. The van der Waals surface area contributed by atoms with E-state index in [1.54, 1.807) is 37.3 Å². The molecule has 0 aliphatic heterocycles. The van der Waals surface area contributed by atoms with Crippen LogP contribution in [-0.2, 0) is 17.7 Å². The second-order valence-corrected chi connectivity index (χ2v) is 9.43. The maximum Gasteiger partial charge on any atom is 0.337 e. The Morgan fingerprint density at radius 1 is 1.08 bits per heavy atom. The first kappa shape index (κ1) is 25.8. The van der Waals surface area contributed by atoms with Crippen LogP contribution in [0, 0.1) is 6.92 Å². The smallest absolute Gasteiger partial charge is 0.337 e. The van der Waals surface area contributed by atoms with E-state index < -0.39 is 17.8 Å². The number of nitrogens with one attached hydrogen (secondary N) is 2. The van der Waals surface area contributed by atoms with Crippen molar-refractivity contribution < 1.29 is 23.9 Å². The third-order valence-corrected chi connectivity index (χ3v) is 7.00. The summed E-state index contributed by atoms with van der Waals surface area (Å²) in [6, 6.07) is 13.3. The fraction of sp³-hybridized carbons (Fsp3) is 0.241. The summed E-state index contributed by atoms with van der Waals surface area (Å²) in [4.78, 5) is 54.5. The molecule has 1 atom stereocenters. The van der Waals surface area contributed by atoms with Crippen molar-refractivity contribution >= 4 is 29.2 Å². The Bertz CT molecular complexity index is 1640. The monoisotopic (exact) mass is 525 g/mol. The Labute approximate surface area is 224 Å². The molecule has 10 nitrogen and oxygen atoms in total. The molecule has 2 heterocycles. The number of ketones is 1. The molecule has 0 unspecified atom stereocenters. The number of aromatic nitrogens is 3. The molecule has 0 saturated carbocycles. The van der Waals surface area contributed by atoms with Crippen LogP contribution in [0.5, 0.6) is 0 Å². The largest absolute Gasteiger partial charge is 0.465 e. The standard InChI is InChI=1S/C29H27N5O5/c1-16-20(17(2)35)7-8-22-21(16)9-10-23(22)33-28(37)25-14-24(32-26-11-12-31-34(25)26)27(36)30-15-18-5-4-6-19(13-18)29(38)39-3/h4-8,11-14,23H,9-10,15H2,1-3H3,(H,30,36)(H,33,37)/t23-/m0/s1. The van der Waals surface area contributed by atoms with E-state index in [0.717, 1.165) is 23.1 Å². The molecule has 2 amide bonds. The van der Waals surface area contributed by atoms with E-state index in [4.69, 9.17) is 4.74 Å². The van der Waals surface area contributed by atoms with Crippen LogP contribution in [0.1, 0.15) is 83.3 Å². The van der Waals surface area contributed by atoms with Crippen LogP contribution in [0.15, 0.2) is 54.7 Å². The summed E-state index contributed by atoms with van der Waals surface area (Å²) in [5.74, 6) is -1.32. The van der Waals surface area contributed by atoms with Crippen LogP contribution in [0.25, 0.3) is 5.65 Å². The number of hydrogen-bond donors (Lipinski definition) is 2. The number of fused-ring (bicyclic) bond motifs is 2. The van der Waals surface area contributed by atoms with E-state index in [0.29, 0.717) is 28.8 Å². The third kappa shape index (κ3) is 5.00. The molecule has 2 N–H and O–H groups in total.